The average molecular weight is 441 g/mol. The van der Waals surface area contributed by atoms with Crippen LogP contribution in [0.2, 0.25) is 5.15 Å². The minimum Gasteiger partial charge on any atom is -0.492 e. The van der Waals surface area contributed by atoms with Crippen LogP contribution in [-0.4, -0.2) is 47.8 Å². The lowest BCUT2D eigenvalue weighted by Gasteiger charge is -2.11. The molecule has 0 aliphatic carbocycles. The Morgan fingerprint density at radius 2 is 1.71 bits per heavy atom. The lowest BCUT2D eigenvalue weighted by Crippen LogP contribution is -2.23. The summed E-state index contributed by atoms with van der Waals surface area (Å²) in [7, 11) is 4.02. The van der Waals surface area contributed by atoms with E-state index < -0.39 is 0 Å². The summed E-state index contributed by atoms with van der Waals surface area (Å²) in [6.45, 7) is 6.25. The molecule has 6 nitrogen and oxygen atoms in total. The molecule has 1 heterocycles. The van der Waals surface area contributed by atoms with Crippen LogP contribution in [0.25, 0.3) is 0 Å². The first-order chi connectivity index (χ1) is 14.8. The van der Waals surface area contributed by atoms with Gasteiger partial charge in [0, 0.05) is 13.1 Å². The Balaban J connectivity index is 1.59. The summed E-state index contributed by atoms with van der Waals surface area (Å²) >= 11 is 6.50. The number of amides is 1. The van der Waals surface area contributed by atoms with Crippen molar-refractivity contribution < 1.29 is 9.53 Å². The van der Waals surface area contributed by atoms with E-state index in [9.17, 15) is 4.79 Å². The number of nitrogens with one attached hydrogen (secondary N) is 1. The van der Waals surface area contributed by atoms with Crippen molar-refractivity contribution in [2.75, 3.05) is 27.2 Å². The maximum Gasteiger partial charge on any atom is 0.256 e. The topological polar surface area (TPSA) is 59.4 Å². The van der Waals surface area contributed by atoms with Gasteiger partial charge >= 0.3 is 0 Å². The number of nitrogens with zero attached hydrogens (tertiary/aromatic N) is 3. The number of hydrogen-bond acceptors (Lipinski definition) is 4. The van der Waals surface area contributed by atoms with E-state index in [4.69, 9.17) is 16.3 Å². The fraction of sp³-hybridized carbons (Fsp3) is 0.333. The van der Waals surface area contributed by atoms with Gasteiger partial charge in [-0.1, -0.05) is 53.6 Å². The highest BCUT2D eigenvalue weighted by Crippen LogP contribution is 2.21. The Morgan fingerprint density at radius 3 is 2.35 bits per heavy atom. The second-order valence-corrected chi connectivity index (χ2v) is 8.23. The molecule has 0 radical (unpaired) electrons. The highest BCUT2D eigenvalue weighted by atomic mass is 35.5. The summed E-state index contributed by atoms with van der Waals surface area (Å²) in [6.07, 6.45) is 0. The molecule has 3 rings (SSSR count). The van der Waals surface area contributed by atoms with Gasteiger partial charge in [0.2, 0.25) is 0 Å². The Bertz CT molecular complexity index is 1010. The molecule has 1 aromatic heterocycles. The minimum atomic E-state index is -0.232. The summed E-state index contributed by atoms with van der Waals surface area (Å²) in [5, 5.41) is 7.74. The number of hydrogen-bond donors (Lipinski definition) is 1. The number of likely N-dealkylation sites (N-methyl/N-ethyl adjacent to an activating group) is 1. The molecule has 0 aliphatic rings. The summed E-state index contributed by atoms with van der Waals surface area (Å²) in [6, 6.07) is 15.9. The van der Waals surface area contributed by atoms with E-state index in [1.54, 1.807) is 11.6 Å². The van der Waals surface area contributed by atoms with Gasteiger partial charge in [0.15, 0.2) is 0 Å². The quantitative estimate of drug-likeness (QED) is 0.544. The number of carbonyl (C=O) groups excluding carboxylic acids is 1. The van der Waals surface area contributed by atoms with E-state index in [2.05, 4.69) is 15.3 Å². The number of halogens is 1. The first-order valence-electron chi connectivity index (χ1n) is 10.3. The van der Waals surface area contributed by atoms with Crippen molar-refractivity contribution in [1.82, 2.24) is 20.0 Å². The van der Waals surface area contributed by atoms with Crippen LogP contribution < -0.4 is 10.1 Å². The Morgan fingerprint density at radius 1 is 1.06 bits per heavy atom. The molecule has 0 spiro atoms. The van der Waals surface area contributed by atoms with E-state index in [0.29, 0.717) is 36.1 Å². The highest BCUT2D eigenvalue weighted by molar-refractivity contribution is 6.33. The smallest absolute Gasteiger partial charge is 0.256 e. The third-order valence-electron chi connectivity index (χ3n) is 4.93. The Hall–Kier alpha value is -2.83. The minimum absolute atomic E-state index is 0.232. The molecule has 1 amide bonds. The number of ether oxygens (including phenoxy) is 1. The fourth-order valence-corrected chi connectivity index (χ4v) is 3.42. The number of carbonyl (C=O) groups is 1. The van der Waals surface area contributed by atoms with Gasteiger partial charge in [0.1, 0.15) is 17.5 Å². The lowest BCUT2D eigenvalue weighted by molar-refractivity contribution is 0.0950. The Kier molecular flexibility index (Phi) is 7.71. The zero-order valence-corrected chi connectivity index (χ0v) is 19.2. The molecule has 0 atom stereocenters. The van der Waals surface area contributed by atoms with Gasteiger partial charge in [-0.2, -0.15) is 5.10 Å². The molecule has 0 saturated heterocycles. The Labute approximate surface area is 188 Å². The molecule has 0 fully saturated rings. The van der Waals surface area contributed by atoms with Crippen LogP contribution in [0.4, 0.5) is 0 Å². The normalized spacial score (nSPS) is 11.0. The fourth-order valence-electron chi connectivity index (χ4n) is 3.10. The maximum absolute atomic E-state index is 12.8. The van der Waals surface area contributed by atoms with E-state index >= 15 is 0 Å². The number of benzene rings is 2. The number of rotatable bonds is 9. The van der Waals surface area contributed by atoms with E-state index in [1.807, 2.05) is 69.6 Å². The zero-order valence-electron chi connectivity index (χ0n) is 18.5. The lowest BCUT2D eigenvalue weighted by atomic mass is 10.1. The van der Waals surface area contributed by atoms with E-state index in [1.165, 1.54) is 5.56 Å². The van der Waals surface area contributed by atoms with Crippen molar-refractivity contribution in [2.45, 2.75) is 26.9 Å². The molecule has 0 saturated carbocycles. The molecule has 0 bridgehead atoms. The van der Waals surface area contributed by atoms with Crippen LogP contribution in [0.1, 0.15) is 32.7 Å². The van der Waals surface area contributed by atoms with Gasteiger partial charge in [-0.3, -0.25) is 4.79 Å². The zero-order chi connectivity index (χ0) is 22.4. The molecule has 164 valence electrons. The molecular weight excluding hydrogens is 412 g/mol. The molecule has 7 heteroatoms. The van der Waals surface area contributed by atoms with Crippen molar-refractivity contribution in [3.63, 3.8) is 0 Å². The van der Waals surface area contributed by atoms with Gasteiger partial charge in [-0.25, -0.2) is 4.68 Å². The summed E-state index contributed by atoms with van der Waals surface area (Å²) in [5.41, 5.74) is 4.28. The molecule has 31 heavy (non-hydrogen) atoms. The first-order valence-corrected chi connectivity index (χ1v) is 10.6. The van der Waals surface area contributed by atoms with Crippen LogP contribution >= 0.6 is 11.6 Å². The molecular formula is C24H29ClN4O2. The molecule has 1 N–H and O–H groups in total. The van der Waals surface area contributed by atoms with Crippen molar-refractivity contribution in [1.29, 1.82) is 0 Å². The van der Waals surface area contributed by atoms with E-state index in [-0.39, 0.29) is 5.91 Å². The molecule has 0 unspecified atom stereocenters. The highest BCUT2D eigenvalue weighted by Gasteiger charge is 2.20. The van der Waals surface area contributed by atoms with Crippen molar-refractivity contribution in [2.24, 2.45) is 0 Å². The van der Waals surface area contributed by atoms with E-state index in [0.717, 1.165) is 23.4 Å². The molecule has 3 aromatic rings. The monoisotopic (exact) mass is 440 g/mol. The maximum atomic E-state index is 12.8. The molecule has 0 aliphatic heterocycles. The van der Waals surface area contributed by atoms with Gasteiger partial charge < -0.3 is 15.0 Å². The average Bonchev–Trinajstić information content (AvgIpc) is 3.01. The van der Waals surface area contributed by atoms with Crippen LogP contribution in [0.3, 0.4) is 0 Å². The van der Waals surface area contributed by atoms with Gasteiger partial charge in [-0.15, -0.1) is 0 Å². The second kappa shape index (κ2) is 10.5. The summed E-state index contributed by atoms with van der Waals surface area (Å²) in [5.74, 6) is 0.581. The number of aromatic nitrogens is 2. The third-order valence-corrected chi connectivity index (χ3v) is 5.31. The van der Waals surface area contributed by atoms with Crippen LogP contribution in [0.15, 0.2) is 48.5 Å². The predicted molar refractivity (Wildman–Crippen MR) is 124 cm³/mol. The van der Waals surface area contributed by atoms with Crippen molar-refractivity contribution in [3.05, 3.63) is 81.6 Å². The SMILES string of the molecule is Cc1ccc(Cn2nc(C)c(C(=O)NCc3ccc(OCCN(C)C)cc3)c2Cl)cc1. The van der Waals surface area contributed by atoms with Gasteiger partial charge in [0.05, 0.1) is 17.8 Å². The van der Waals surface area contributed by atoms with Gasteiger partial charge in [-0.05, 0) is 51.2 Å². The predicted octanol–water partition coefficient (Wildman–Crippen LogP) is 4.07. The van der Waals surface area contributed by atoms with Crippen molar-refractivity contribution >= 4 is 17.5 Å². The largest absolute Gasteiger partial charge is 0.492 e. The first kappa shape index (κ1) is 22.8. The van der Waals surface area contributed by atoms with Crippen molar-refractivity contribution in [3.8, 4) is 5.75 Å². The van der Waals surface area contributed by atoms with Crippen LogP contribution in [-0.2, 0) is 13.1 Å². The van der Waals surface area contributed by atoms with Gasteiger partial charge in [0.25, 0.3) is 5.91 Å². The standard InChI is InChI=1S/C24H29ClN4O2/c1-17-5-7-20(8-6-17)16-29-23(25)22(18(2)27-29)24(30)26-15-19-9-11-21(12-10-19)31-14-13-28(3)4/h5-12H,13-16H2,1-4H3,(H,26,30). The summed E-state index contributed by atoms with van der Waals surface area (Å²) < 4.78 is 7.36. The van der Waals surface area contributed by atoms with Crippen LogP contribution in [0.5, 0.6) is 5.75 Å². The second-order valence-electron chi connectivity index (χ2n) is 7.87. The molecule has 2 aromatic carbocycles. The van der Waals surface area contributed by atoms with Crippen LogP contribution in [0, 0.1) is 13.8 Å². The third kappa shape index (κ3) is 6.32. The number of aryl methyl sites for hydroxylation is 2. The summed E-state index contributed by atoms with van der Waals surface area (Å²) in [4.78, 5) is 14.8.